The molecule has 0 aliphatic heterocycles. The highest BCUT2D eigenvalue weighted by atomic mass is 35.5. The number of halogens is 2. The van der Waals surface area contributed by atoms with Crippen molar-refractivity contribution in [2.45, 2.75) is 13.2 Å². The minimum Gasteiger partial charge on any atom is -0.486 e. The summed E-state index contributed by atoms with van der Waals surface area (Å²) < 4.78 is 12.9. The molecule has 0 atom stereocenters. The molecule has 2 aromatic heterocycles. The van der Waals surface area contributed by atoms with Crippen molar-refractivity contribution in [3.63, 3.8) is 0 Å². The number of nitrogens with one attached hydrogen (secondary N) is 1. The maximum Gasteiger partial charge on any atom is 0.292 e. The molecule has 6 nitrogen and oxygen atoms in total. The lowest BCUT2D eigenvalue weighted by molar-refractivity contribution is 0.0991. The van der Waals surface area contributed by atoms with Crippen molar-refractivity contribution in [3.05, 3.63) is 100 Å². The minimum atomic E-state index is -0.384. The van der Waals surface area contributed by atoms with E-state index in [0.29, 0.717) is 28.2 Å². The second kappa shape index (κ2) is 9.07. The summed E-state index contributed by atoms with van der Waals surface area (Å²) in [7, 11) is 0. The van der Waals surface area contributed by atoms with Gasteiger partial charge in [-0.25, -0.2) is 4.68 Å². The van der Waals surface area contributed by atoms with E-state index in [2.05, 4.69) is 10.4 Å². The standard InChI is InChI=1S/C22H17Cl2N3O3/c23-16-7-6-15(19(24)12-16)13-27-21(10-11-25-27)26-22(28)20-9-8-18(30-20)14-29-17-4-2-1-3-5-17/h1-12H,13-14H2,(H,26,28). The highest BCUT2D eigenvalue weighted by molar-refractivity contribution is 6.35. The molecule has 0 spiro atoms. The van der Waals surface area contributed by atoms with Gasteiger partial charge in [0.2, 0.25) is 0 Å². The van der Waals surface area contributed by atoms with E-state index in [0.717, 1.165) is 11.3 Å². The first-order valence-corrected chi connectivity index (χ1v) is 9.88. The number of ether oxygens (including phenoxy) is 1. The lowest BCUT2D eigenvalue weighted by Gasteiger charge is -2.10. The van der Waals surface area contributed by atoms with Crippen LogP contribution in [0, 0.1) is 0 Å². The molecule has 0 aliphatic rings. The van der Waals surface area contributed by atoms with Gasteiger partial charge in [0.15, 0.2) is 5.76 Å². The maximum atomic E-state index is 12.6. The lowest BCUT2D eigenvalue weighted by atomic mass is 10.2. The molecule has 152 valence electrons. The zero-order valence-corrected chi connectivity index (χ0v) is 17.2. The summed E-state index contributed by atoms with van der Waals surface area (Å²) in [6.45, 7) is 0.608. The van der Waals surface area contributed by atoms with Gasteiger partial charge < -0.3 is 14.5 Å². The summed E-state index contributed by atoms with van der Waals surface area (Å²) in [5.74, 6) is 1.59. The van der Waals surface area contributed by atoms with Crippen molar-refractivity contribution in [1.29, 1.82) is 0 Å². The van der Waals surface area contributed by atoms with Crippen LogP contribution in [0.2, 0.25) is 10.0 Å². The number of amides is 1. The average Bonchev–Trinajstić information content (AvgIpc) is 3.39. The van der Waals surface area contributed by atoms with Gasteiger partial charge in [0.1, 0.15) is 23.9 Å². The van der Waals surface area contributed by atoms with Crippen LogP contribution < -0.4 is 10.1 Å². The first-order valence-electron chi connectivity index (χ1n) is 9.12. The van der Waals surface area contributed by atoms with Gasteiger partial charge in [-0.05, 0) is 42.0 Å². The largest absolute Gasteiger partial charge is 0.486 e. The molecule has 1 amide bonds. The van der Waals surface area contributed by atoms with Gasteiger partial charge in [-0.15, -0.1) is 0 Å². The molecule has 2 heterocycles. The van der Waals surface area contributed by atoms with Crippen molar-refractivity contribution in [3.8, 4) is 5.75 Å². The predicted molar refractivity (Wildman–Crippen MR) is 115 cm³/mol. The second-order valence-electron chi connectivity index (χ2n) is 6.43. The van der Waals surface area contributed by atoms with Crippen LogP contribution in [0.5, 0.6) is 5.75 Å². The number of para-hydroxylation sites is 1. The van der Waals surface area contributed by atoms with Crippen LogP contribution in [0.3, 0.4) is 0 Å². The third-order valence-electron chi connectivity index (χ3n) is 4.30. The van der Waals surface area contributed by atoms with Crippen LogP contribution in [0.25, 0.3) is 0 Å². The number of carbonyl (C=O) groups excluding carboxylic acids is 1. The Labute approximate surface area is 183 Å². The molecule has 30 heavy (non-hydrogen) atoms. The molecular weight excluding hydrogens is 425 g/mol. The summed E-state index contributed by atoms with van der Waals surface area (Å²) >= 11 is 12.2. The number of hydrogen-bond acceptors (Lipinski definition) is 4. The van der Waals surface area contributed by atoms with Gasteiger partial charge in [-0.1, -0.05) is 47.5 Å². The number of nitrogens with zero attached hydrogens (tertiary/aromatic N) is 2. The van der Waals surface area contributed by atoms with Crippen molar-refractivity contribution < 1.29 is 13.9 Å². The molecule has 2 aromatic carbocycles. The van der Waals surface area contributed by atoms with Gasteiger partial charge in [-0.3, -0.25) is 4.79 Å². The first kappa shape index (κ1) is 20.1. The predicted octanol–water partition coefficient (Wildman–Crippen LogP) is 5.66. The number of rotatable bonds is 7. The maximum absolute atomic E-state index is 12.6. The fourth-order valence-electron chi connectivity index (χ4n) is 2.80. The molecule has 0 fully saturated rings. The van der Waals surface area contributed by atoms with Crippen molar-refractivity contribution >= 4 is 34.9 Å². The summed E-state index contributed by atoms with van der Waals surface area (Å²) in [5.41, 5.74) is 0.832. The Morgan fingerprint density at radius 2 is 1.90 bits per heavy atom. The number of hydrogen-bond donors (Lipinski definition) is 1. The monoisotopic (exact) mass is 441 g/mol. The van der Waals surface area contributed by atoms with E-state index in [4.69, 9.17) is 32.4 Å². The number of furan rings is 1. The van der Waals surface area contributed by atoms with Crippen LogP contribution in [0.1, 0.15) is 21.9 Å². The fourth-order valence-corrected chi connectivity index (χ4v) is 3.27. The molecule has 4 aromatic rings. The molecule has 8 heteroatoms. The van der Waals surface area contributed by atoms with Gasteiger partial charge >= 0.3 is 0 Å². The minimum absolute atomic E-state index is 0.180. The number of benzene rings is 2. The van der Waals surface area contributed by atoms with Crippen molar-refractivity contribution in [2.75, 3.05) is 5.32 Å². The molecule has 1 N–H and O–H groups in total. The third-order valence-corrected chi connectivity index (χ3v) is 4.89. The molecular formula is C22H17Cl2N3O3. The summed E-state index contributed by atoms with van der Waals surface area (Å²) in [6, 6.07) is 19.6. The normalized spacial score (nSPS) is 10.7. The highest BCUT2D eigenvalue weighted by Gasteiger charge is 2.15. The Morgan fingerprint density at radius 1 is 1.07 bits per heavy atom. The first-order chi connectivity index (χ1) is 14.6. The SMILES string of the molecule is O=C(Nc1ccnn1Cc1ccc(Cl)cc1Cl)c1ccc(COc2ccccc2)o1. The Morgan fingerprint density at radius 3 is 2.70 bits per heavy atom. The quantitative estimate of drug-likeness (QED) is 0.401. The van der Waals surface area contributed by atoms with E-state index >= 15 is 0 Å². The Hall–Kier alpha value is -3.22. The van der Waals surface area contributed by atoms with Crippen LogP contribution in [0.4, 0.5) is 5.82 Å². The van der Waals surface area contributed by atoms with Crippen LogP contribution in [0.15, 0.2) is 77.3 Å². The van der Waals surface area contributed by atoms with E-state index in [1.165, 1.54) is 0 Å². The van der Waals surface area contributed by atoms with Gasteiger partial charge in [0.05, 0.1) is 12.7 Å². The van der Waals surface area contributed by atoms with E-state index < -0.39 is 0 Å². The molecule has 0 bridgehead atoms. The van der Waals surface area contributed by atoms with Crippen LogP contribution in [-0.2, 0) is 13.2 Å². The summed E-state index contributed by atoms with van der Waals surface area (Å²) in [5, 5.41) is 8.14. The van der Waals surface area contributed by atoms with E-state index in [-0.39, 0.29) is 18.3 Å². The Kier molecular flexibility index (Phi) is 6.07. The average molecular weight is 442 g/mol. The number of anilines is 1. The van der Waals surface area contributed by atoms with Crippen LogP contribution >= 0.6 is 23.2 Å². The third kappa shape index (κ3) is 4.84. The van der Waals surface area contributed by atoms with E-state index in [1.807, 2.05) is 36.4 Å². The van der Waals surface area contributed by atoms with Crippen molar-refractivity contribution in [1.82, 2.24) is 9.78 Å². The second-order valence-corrected chi connectivity index (χ2v) is 7.28. The fraction of sp³-hybridized carbons (Fsp3) is 0.0909. The van der Waals surface area contributed by atoms with Gasteiger partial charge in [0, 0.05) is 16.1 Å². The van der Waals surface area contributed by atoms with E-state index in [1.54, 1.807) is 41.2 Å². The topological polar surface area (TPSA) is 69.3 Å². The number of aromatic nitrogens is 2. The molecule has 0 unspecified atom stereocenters. The molecule has 4 rings (SSSR count). The summed E-state index contributed by atoms with van der Waals surface area (Å²) in [4.78, 5) is 12.6. The molecule has 0 saturated carbocycles. The molecule has 0 radical (unpaired) electrons. The number of carbonyl (C=O) groups is 1. The van der Waals surface area contributed by atoms with Gasteiger partial charge in [0.25, 0.3) is 5.91 Å². The highest BCUT2D eigenvalue weighted by Crippen LogP contribution is 2.23. The zero-order chi connectivity index (χ0) is 20.9. The molecule has 0 aliphatic carbocycles. The summed E-state index contributed by atoms with van der Waals surface area (Å²) in [6.07, 6.45) is 1.60. The van der Waals surface area contributed by atoms with Crippen LogP contribution in [-0.4, -0.2) is 15.7 Å². The lowest BCUT2D eigenvalue weighted by Crippen LogP contribution is -2.15. The van der Waals surface area contributed by atoms with E-state index in [9.17, 15) is 4.79 Å². The Balaban J connectivity index is 1.40. The van der Waals surface area contributed by atoms with Crippen molar-refractivity contribution in [2.24, 2.45) is 0 Å². The molecule has 0 saturated heterocycles. The van der Waals surface area contributed by atoms with Gasteiger partial charge in [-0.2, -0.15) is 5.10 Å². The zero-order valence-electron chi connectivity index (χ0n) is 15.7. The Bertz CT molecular complexity index is 1160. The smallest absolute Gasteiger partial charge is 0.292 e.